The standard InChI is InChI=1S/C11H18N4O/c1-8-3-5-10(6-4-8)16-7-9(2)14-11(12)15-13/h3-6,9H,7,13H2,1-2H3,(H3,12,14,15). The van der Waals surface area contributed by atoms with Crippen molar-refractivity contribution in [3.63, 3.8) is 0 Å². The second kappa shape index (κ2) is 5.97. The zero-order chi connectivity index (χ0) is 12.0. The largest absolute Gasteiger partial charge is 0.491 e. The summed E-state index contributed by atoms with van der Waals surface area (Å²) in [6.07, 6.45) is 0. The van der Waals surface area contributed by atoms with E-state index in [4.69, 9.17) is 16.3 Å². The lowest BCUT2D eigenvalue weighted by Gasteiger charge is -2.10. The Labute approximate surface area is 95.5 Å². The number of aliphatic imine (C=N–C) groups is 1. The van der Waals surface area contributed by atoms with Crippen molar-refractivity contribution < 1.29 is 4.74 Å². The van der Waals surface area contributed by atoms with Crippen LogP contribution < -0.4 is 21.7 Å². The Kier molecular flexibility index (Phi) is 4.60. The number of nitrogens with one attached hydrogen (secondary N) is 1. The van der Waals surface area contributed by atoms with E-state index in [1.54, 1.807) is 0 Å². The van der Waals surface area contributed by atoms with Crippen LogP contribution in [0.3, 0.4) is 0 Å². The predicted octanol–water partition coefficient (Wildman–Crippen LogP) is 0.540. The quantitative estimate of drug-likeness (QED) is 0.300. The molecule has 0 saturated heterocycles. The molecule has 1 rings (SSSR count). The topological polar surface area (TPSA) is 85.7 Å². The van der Waals surface area contributed by atoms with Crippen molar-refractivity contribution >= 4 is 5.96 Å². The third kappa shape index (κ3) is 4.18. The molecular weight excluding hydrogens is 204 g/mol. The number of hydrogen-bond donors (Lipinski definition) is 3. The summed E-state index contributed by atoms with van der Waals surface area (Å²) in [6.45, 7) is 4.40. The molecule has 1 aromatic carbocycles. The Morgan fingerprint density at radius 3 is 2.62 bits per heavy atom. The lowest BCUT2D eigenvalue weighted by atomic mass is 10.2. The molecule has 0 aromatic heterocycles. The van der Waals surface area contributed by atoms with Crippen molar-refractivity contribution in [3.8, 4) is 5.75 Å². The fraction of sp³-hybridized carbons (Fsp3) is 0.364. The molecule has 5 nitrogen and oxygen atoms in total. The summed E-state index contributed by atoms with van der Waals surface area (Å²) in [5, 5.41) is 0. The first kappa shape index (κ1) is 12.3. The van der Waals surface area contributed by atoms with Crippen molar-refractivity contribution in [1.82, 2.24) is 5.43 Å². The molecule has 0 heterocycles. The lowest BCUT2D eigenvalue weighted by Crippen LogP contribution is -2.38. The van der Waals surface area contributed by atoms with Gasteiger partial charge in [0.05, 0.1) is 6.04 Å². The minimum Gasteiger partial charge on any atom is -0.491 e. The molecule has 88 valence electrons. The van der Waals surface area contributed by atoms with Crippen LogP contribution in [0.25, 0.3) is 0 Å². The number of hydrazine groups is 1. The van der Waals surface area contributed by atoms with Crippen LogP contribution in [0.15, 0.2) is 29.3 Å². The number of aryl methyl sites for hydroxylation is 1. The highest BCUT2D eigenvalue weighted by Gasteiger charge is 2.01. The Bertz CT molecular complexity index is 348. The van der Waals surface area contributed by atoms with Crippen molar-refractivity contribution in [2.45, 2.75) is 19.9 Å². The second-order valence-electron chi connectivity index (χ2n) is 3.63. The number of nitrogens with two attached hydrogens (primary N) is 2. The van der Waals surface area contributed by atoms with Gasteiger partial charge in [-0.05, 0) is 26.0 Å². The highest BCUT2D eigenvalue weighted by Crippen LogP contribution is 2.11. The third-order valence-electron chi connectivity index (χ3n) is 2.02. The molecule has 1 atom stereocenters. The van der Waals surface area contributed by atoms with Crippen LogP contribution in [0.2, 0.25) is 0 Å². The molecule has 0 aliphatic rings. The van der Waals surface area contributed by atoms with Gasteiger partial charge in [-0.1, -0.05) is 17.7 Å². The highest BCUT2D eigenvalue weighted by atomic mass is 16.5. The zero-order valence-corrected chi connectivity index (χ0v) is 9.60. The van der Waals surface area contributed by atoms with Crippen LogP contribution in [0.4, 0.5) is 0 Å². The third-order valence-corrected chi connectivity index (χ3v) is 2.02. The van der Waals surface area contributed by atoms with Gasteiger partial charge in [0.25, 0.3) is 0 Å². The van der Waals surface area contributed by atoms with Crippen molar-refractivity contribution in [2.75, 3.05) is 6.61 Å². The maximum atomic E-state index is 5.54. The van der Waals surface area contributed by atoms with E-state index in [9.17, 15) is 0 Å². The summed E-state index contributed by atoms with van der Waals surface area (Å²) in [5.41, 5.74) is 8.90. The van der Waals surface area contributed by atoms with Gasteiger partial charge >= 0.3 is 0 Å². The molecule has 0 bridgehead atoms. The minimum absolute atomic E-state index is 0.0441. The first-order chi connectivity index (χ1) is 7.61. The molecule has 0 aliphatic carbocycles. The smallest absolute Gasteiger partial charge is 0.203 e. The fourth-order valence-corrected chi connectivity index (χ4v) is 1.16. The summed E-state index contributed by atoms with van der Waals surface area (Å²) in [5.74, 6) is 6.13. The maximum Gasteiger partial charge on any atom is 0.203 e. The van der Waals surface area contributed by atoms with E-state index in [0.717, 1.165) is 5.75 Å². The molecule has 0 amide bonds. The second-order valence-corrected chi connectivity index (χ2v) is 3.63. The Balaban J connectivity index is 2.42. The fourth-order valence-electron chi connectivity index (χ4n) is 1.16. The minimum atomic E-state index is -0.0441. The van der Waals surface area contributed by atoms with Gasteiger partial charge in [0.2, 0.25) is 5.96 Å². The zero-order valence-electron chi connectivity index (χ0n) is 9.60. The number of hydrogen-bond acceptors (Lipinski definition) is 3. The Hall–Kier alpha value is -1.75. The van der Waals surface area contributed by atoms with Gasteiger partial charge in [-0.25, -0.2) is 10.8 Å². The summed E-state index contributed by atoms with van der Waals surface area (Å²) >= 11 is 0. The predicted molar refractivity (Wildman–Crippen MR) is 65.1 cm³/mol. The molecular formula is C11H18N4O. The molecule has 0 fully saturated rings. The average Bonchev–Trinajstić information content (AvgIpc) is 2.28. The number of ether oxygens (including phenoxy) is 1. The number of rotatable bonds is 4. The van der Waals surface area contributed by atoms with Crippen molar-refractivity contribution in [3.05, 3.63) is 29.8 Å². The van der Waals surface area contributed by atoms with E-state index in [2.05, 4.69) is 10.4 Å². The van der Waals surface area contributed by atoms with Crippen LogP contribution in [-0.2, 0) is 0 Å². The molecule has 16 heavy (non-hydrogen) atoms. The Morgan fingerprint density at radius 1 is 1.44 bits per heavy atom. The summed E-state index contributed by atoms with van der Waals surface area (Å²) in [7, 11) is 0. The molecule has 0 spiro atoms. The molecule has 1 unspecified atom stereocenters. The molecule has 0 radical (unpaired) electrons. The van der Waals surface area contributed by atoms with Gasteiger partial charge in [0.15, 0.2) is 0 Å². The SMILES string of the molecule is Cc1ccc(OCC(C)N=C(N)NN)cc1. The highest BCUT2D eigenvalue weighted by molar-refractivity contribution is 5.77. The van der Waals surface area contributed by atoms with Crippen LogP contribution in [0.5, 0.6) is 5.75 Å². The lowest BCUT2D eigenvalue weighted by molar-refractivity contribution is 0.296. The van der Waals surface area contributed by atoms with Gasteiger partial charge in [-0.2, -0.15) is 0 Å². The van der Waals surface area contributed by atoms with E-state index >= 15 is 0 Å². The molecule has 1 aromatic rings. The monoisotopic (exact) mass is 222 g/mol. The van der Waals surface area contributed by atoms with Crippen LogP contribution in [-0.4, -0.2) is 18.6 Å². The number of benzene rings is 1. The van der Waals surface area contributed by atoms with Gasteiger partial charge in [0, 0.05) is 0 Å². The van der Waals surface area contributed by atoms with E-state index < -0.39 is 0 Å². The molecule has 0 aliphatic heterocycles. The van der Waals surface area contributed by atoms with Crippen molar-refractivity contribution in [2.24, 2.45) is 16.6 Å². The summed E-state index contributed by atoms with van der Waals surface area (Å²) in [4.78, 5) is 4.06. The van der Waals surface area contributed by atoms with E-state index in [0.29, 0.717) is 6.61 Å². The van der Waals surface area contributed by atoms with Crippen LogP contribution in [0.1, 0.15) is 12.5 Å². The Morgan fingerprint density at radius 2 is 2.06 bits per heavy atom. The van der Waals surface area contributed by atoms with Gasteiger partial charge in [-0.3, -0.25) is 5.43 Å². The van der Waals surface area contributed by atoms with E-state index in [-0.39, 0.29) is 12.0 Å². The van der Waals surface area contributed by atoms with Crippen LogP contribution >= 0.6 is 0 Å². The van der Waals surface area contributed by atoms with Crippen LogP contribution in [0, 0.1) is 6.92 Å². The molecule has 0 saturated carbocycles. The first-order valence-corrected chi connectivity index (χ1v) is 5.11. The summed E-state index contributed by atoms with van der Waals surface area (Å²) in [6, 6.07) is 7.81. The van der Waals surface area contributed by atoms with Gasteiger partial charge in [-0.15, -0.1) is 0 Å². The van der Waals surface area contributed by atoms with Gasteiger partial charge in [0.1, 0.15) is 12.4 Å². The molecule has 5 N–H and O–H groups in total. The first-order valence-electron chi connectivity index (χ1n) is 5.11. The normalized spacial score (nSPS) is 13.3. The van der Waals surface area contributed by atoms with E-state index in [1.165, 1.54) is 5.56 Å². The van der Waals surface area contributed by atoms with E-state index in [1.807, 2.05) is 38.1 Å². The summed E-state index contributed by atoms with van der Waals surface area (Å²) < 4.78 is 5.54. The average molecular weight is 222 g/mol. The molecule has 5 heteroatoms. The number of guanidine groups is 1. The van der Waals surface area contributed by atoms with Gasteiger partial charge < -0.3 is 10.5 Å². The number of nitrogens with zero attached hydrogens (tertiary/aromatic N) is 1. The maximum absolute atomic E-state index is 5.54. The van der Waals surface area contributed by atoms with Crippen molar-refractivity contribution in [1.29, 1.82) is 0 Å².